The zero-order chi connectivity index (χ0) is 20.2. The summed E-state index contributed by atoms with van der Waals surface area (Å²) < 4.78 is 3.24. The molecule has 2 amide bonds. The fourth-order valence-corrected chi connectivity index (χ4v) is 4.36. The van der Waals surface area contributed by atoms with Crippen molar-refractivity contribution in [2.45, 2.75) is 22.0 Å². The number of benzene rings is 2. The van der Waals surface area contributed by atoms with Gasteiger partial charge in [-0.15, -0.1) is 11.8 Å². The first-order chi connectivity index (χ1) is 14.1. The van der Waals surface area contributed by atoms with Crippen LogP contribution in [0, 0.1) is 0 Å². The number of fused-ring (bicyclic) bond motifs is 1. The van der Waals surface area contributed by atoms with Crippen LogP contribution in [0.5, 0.6) is 0 Å². The van der Waals surface area contributed by atoms with Gasteiger partial charge in [0.1, 0.15) is 0 Å². The van der Waals surface area contributed by atoms with Gasteiger partial charge in [0.15, 0.2) is 0 Å². The molecule has 0 bridgehead atoms. The number of carbonyl (C=O) groups excluding carboxylic acids is 2. The van der Waals surface area contributed by atoms with Gasteiger partial charge < -0.3 is 15.4 Å². The molecule has 2 heterocycles. The monoisotopic (exact) mass is 422 g/mol. The molecule has 1 aliphatic rings. The van der Waals surface area contributed by atoms with Gasteiger partial charge in [-0.25, -0.2) is 0 Å². The quantitative estimate of drug-likeness (QED) is 0.508. The number of anilines is 3. The van der Waals surface area contributed by atoms with Crippen molar-refractivity contribution in [2.24, 2.45) is 0 Å². The summed E-state index contributed by atoms with van der Waals surface area (Å²) >= 11 is 2.94. The second kappa shape index (κ2) is 8.59. The molecule has 0 aliphatic carbocycles. The van der Waals surface area contributed by atoms with Gasteiger partial charge in [-0.1, -0.05) is 6.07 Å². The van der Waals surface area contributed by atoms with Crippen molar-refractivity contribution >= 4 is 52.6 Å². The van der Waals surface area contributed by atoms with E-state index in [-0.39, 0.29) is 17.1 Å². The topological polar surface area (TPSA) is 83.1 Å². The first-order valence-corrected chi connectivity index (χ1v) is 10.6. The highest BCUT2D eigenvalue weighted by molar-refractivity contribution is 8.01. The van der Waals surface area contributed by atoms with Crippen molar-refractivity contribution in [1.29, 1.82) is 0 Å². The van der Waals surface area contributed by atoms with E-state index >= 15 is 0 Å². The summed E-state index contributed by atoms with van der Waals surface area (Å²) in [6.45, 7) is 1.86. The van der Waals surface area contributed by atoms with Crippen LogP contribution in [0.3, 0.4) is 0 Å². The molecule has 3 aromatic rings. The molecule has 1 aromatic heterocycles. The standard InChI is InChI=1S/C21H18N4O2S2/c1-13-20(26)24-18-11-14(5-6-19(18)28-13)21(27)23-16-3-2-4-17(12-16)29-25-15-7-9-22-10-8-15/h2-13H,1H3,(H,22,25)(H,23,27)(H,24,26). The molecule has 4 rings (SSSR count). The van der Waals surface area contributed by atoms with Crippen LogP contribution in [0.4, 0.5) is 17.1 Å². The Morgan fingerprint density at radius 2 is 1.93 bits per heavy atom. The van der Waals surface area contributed by atoms with Gasteiger partial charge in [0.05, 0.1) is 10.9 Å². The first kappa shape index (κ1) is 19.4. The number of hydrogen-bond acceptors (Lipinski definition) is 6. The van der Waals surface area contributed by atoms with E-state index in [1.807, 2.05) is 49.4 Å². The molecule has 146 valence electrons. The highest BCUT2D eigenvalue weighted by atomic mass is 32.2. The smallest absolute Gasteiger partial charge is 0.255 e. The molecular formula is C21H18N4O2S2. The Morgan fingerprint density at radius 3 is 2.76 bits per heavy atom. The number of nitrogens with one attached hydrogen (secondary N) is 3. The van der Waals surface area contributed by atoms with E-state index in [0.717, 1.165) is 15.5 Å². The molecule has 29 heavy (non-hydrogen) atoms. The third-order valence-electron chi connectivity index (χ3n) is 4.23. The van der Waals surface area contributed by atoms with Crippen LogP contribution in [-0.4, -0.2) is 22.0 Å². The number of rotatable bonds is 5. The van der Waals surface area contributed by atoms with Gasteiger partial charge in [0, 0.05) is 39.1 Å². The highest BCUT2D eigenvalue weighted by Gasteiger charge is 2.23. The average Bonchev–Trinajstić information content (AvgIpc) is 2.74. The number of amides is 2. The summed E-state index contributed by atoms with van der Waals surface area (Å²) in [7, 11) is 0. The van der Waals surface area contributed by atoms with Crippen LogP contribution in [0.15, 0.2) is 76.8 Å². The minimum atomic E-state index is -0.227. The SMILES string of the molecule is CC1Sc2ccc(C(=O)Nc3cccc(SNc4ccncc4)c3)cc2NC1=O. The number of aromatic nitrogens is 1. The molecule has 0 saturated carbocycles. The van der Waals surface area contributed by atoms with Gasteiger partial charge in [-0.3, -0.25) is 14.6 Å². The molecule has 6 nitrogen and oxygen atoms in total. The third kappa shape index (κ3) is 4.72. The Bertz CT molecular complexity index is 1060. The second-order valence-corrected chi connectivity index (χ2v) is 8.64. The van der Waals surface area contributed by atoms with Crippen molar-refractivity contribution in [3.05, 3.63) is 72.6 Å². The predicted octanol–water partition coefficient (Wildman–Crippen LogP) is 4.89. The summed E-state index contributed by atoms with van der Waals surface area (Å²) in [4.78, 5) is 30.5. The molecule has 2 aromatic carbocycles. The van der Waals surface area contributed by atoms with E-state index in [0.29, 0.717) is 16.9 Å². The summed E-state index contributed by atoms with van der Waals surface area (Å²) in [5.74, 6) is -0.276. The first-order valence-electron chi connectivity index (χ1n) is 8.94. The maximum Gasteiger partial charge on any atom is 0.255 e. The molecule has 0 fully saturated rings. The Balaban J connectivity index is 1.43. The zero-order valence-corrected chi connectivity index (χ0v) is 17.1. The minimum Gasteiger partial charge on any atom is -0.326 e. The van der Waals surface area contributed by atoms with E-state index in [1.165, 1.54) is 23.7 Å². The van der Waals surface area contributed by atoms with Crippen LogP contribution >= 0.6 is 23.7 Å². The Labute approximate surface area is 177 Å². The van der Waals surface area contributed by atoms with Gasteiger partial charge in [-0.05, 0) is 67.4 Å². The maximum absolute atomic E-state index is 12.7. The average molecular weight is 423 g/mol. The fraction of sp³-hybridized carbons (Fsp3) is 0.0952. The normalized spacial score (nSPS) is 15.2. The molecule has 0 radical (unpaired) electrons. The highest BCUT2D eigenvalue weighted by Crippen LogP contribution is 2.36. The minimum absolute atomic E-state index is 0.0496. The number of nitrogens with zero attached hydrogens (tertiary/aromatic N) is 1. The van der Waals surface area contributed by atoms with Crippen molar-refractivity contribution in [2.75, 3.05) is 15.4 Å². The van der Waals surface area contributed by atoms with Crippen LogP contribution in [0.25, 0.3) is 0 Å². The predicted molar refractivity (Wildman–Crippen MR) is 119 cm³/mol. The number of carbonyl (C=O) groups is 2. The summed E-state index contributed by atoms with van der Waals surface area (Å²) in [6.07, 6.45) is 3.44. The van der Waals surface area contributed by atoms with E-state index < -0.39 is 0 Å². The molecule has 8 heteroatoms. The molecule has 1 aliphatic heterocycles. The van der Waals surface area contributed by atoms with Crippen molar-refractivity contribution in [3.63, 3.8) is 0 Å². The Morgan fingerprint density at radius 1 is 1.10 bits per heavy atom. The van der Waals surface area contributed by atoms with Crippen LogP contribution in [0.2, 0.25) is 0 Å². The zero-order valence-electron chi connectivity index (χ0n) is 15.5. The van der Waals surface area contributed by atoms with Crippen molar-refractivity contribution in [1.82, 2.24) is 4.98 Å². The third-order valence-corrected chi connectivity index (χ3v) is 6.24. The van der Waals surface area contributed by atoms with E-state index in [9.17, 15) is 9.59 Å². The van der Waals surface area contributed by atoms with Crippen molar-refractivity contribution in [3.8, 4) is 0 Å². The van der Waals surface area contributed by atoms with Gasteiger partial charge in [-0.2, -0.15) is 0 Å². The van der Waals surface area contributed by atoms with Crippen LogP contribution in [-0.2, 0) is 4.79 Å². The fourth-order valence-electron chi connectivity index (χ4n) is 2.73. The summed E-state index contributed by atoms with van der Waals surface area (Å²) in [5.41, 5.74) is 2.81. The molecule has 0 spiro atoms. The molecule has 0 saturated heterocycles. The maximum atomic E-state index is 12.7. The molecule has 3 N–H and O–H groups in total. The Kier molecular flexibility index (Phi) is 5.73. The molecule has 1 atom stereocenters. The van der Waals surface area contributed by atoms with E-state index in [1.54, 1.807) is 24.5 Å². The molecule has 1 unspecified atom stereocenters. The van der Waals surface area contributed by atoms with Gasteiger partial charge in [0.25, 0.3) is 5.91 Å². The lowest BCUT2D eigenvalue weighted by Gasteiger charge is -2.21. The second-order valence-electron chi connectivity index (χ2n) is 6.38. The van der Waals surface area contributed by atoms with Gasteiger partial charge in [0.2, 0.25) is 5.91 Å². The number of hydrogen-bond donors (Lipinski definition) is 3. The van der Waals surface area contributed by atoms with E-state index in [4.69, 9.17) is 0 Å². The van der Waals surface area contributed by atoms with Crippen molar-refractivity contribution < 1.29 is 9.59 Å². The lowest BCUT2D eigenvalue weighted by atomic mass is 10.1. The van der Waals surface area contributed by atoms with Crippen LogP contribution < -0.4 is 15.4 Å². The van der Waals surface area contributed by atoms with Gasteiger partial charge >= 0.3 is 0 Å². The summed E-state index contributed by atoms with van der Waals surface area (Å²) in [6, 6.07) is 16.7. The largest absolute Gasteiger partial charge is 0.326 e. The van der Waals surface area contributed by atoms with E-state index in [2.05, 4.69) is 20.3 Å². The Hall–Kier alpha value is -2.97. The number of thioether (sulfide) groups is 1. The number of pyridine rings is 1. The molecular weight excluding hydrogens is 404 g/mol. The lowest BCUT2D eigenvalue weighted by Crippen LogP contribution is -2.26. The lowest BCUT2D eigenvalue weighted by molar-refractivity contribution is -0.115. The van der Waals surface area contributed by atoms with Crippen LogP contribution in [0.1, 0.15) is 17.3 Å². The summed E-state index contributed by atoms with van der Waals surface area (Å²) in [5, 5.41) is 5.63.